The molecule has 5 heteroatoms. The molecule has 0 bridgehead atoms. The average Bonchev–Trinajstić information content (AvgIpc) is 2.15. The summed E-state index contributed by atoms with van der Waals surface area (Å²) >= 11 is 0. The van der Waals surface area contributed by atoms with E-state index < -0.39 is 5.97 Å². The van der Waals surface area contributed by atoms with Crippen molar-refractivity contribution in [3.63, 3.8) is 0 Å². The molecule has 0 aromatic carbocycles. The van der Waals surface area contributed by atoms with E-state index in [-0.39, 0.29) is 12.8 Å². The smallest absolute Gasteiger partial charge is 0.329 e. The third-order valence-corrected chi connectivity index (χ3v) is 2.11. The number of carbonyl (C=O) groups is 1. The van der Waals surface area contributed by atoms with Gasteiger partial charge in [0.15, 0.2) is 0 Å². The summed E-state index contributed by atoms with van der Waals surface area (Å²) in [7, 11) is 0. The zero-order valence-corrected chi connectivity index (χ0v) is 7.82. The molecule has 1 rings (SSSR count). The number of hydrogen-bond donors (Lipinski definition) is 2. The quantitative estimate of drug-likeness (QED) is 0.613. The number of hydrogen-bond acceptors (Lipinski definition) is 4. The van der Waals surface area contributed by atoms with Gasteiger partial charge in [-0.15, -0.1) is 0 Å². The Hall–Kier alpha value is -0.650. The van der Waals surface area contributed by atoms with Gasteiger partial charge in [0, 0.05) is 26.2 Å². The number of rotatable bonds is 4. The topological polar surface area (TPSA) is 61.8 Å². The number of piperazine rings is 1. The second kappa shape index (κ2) is 5.16. The number of aliphatic carboxylic acids is 1. The summed E-state index contributed by atoms with van der Waals surface area (Å²) in [5.74, 6) is -0.915. The van der Waals surface area contributed by atoms with Crippen LogP contribution in [0.5, 0.6) is 0 Å². The van der Waals surface area contributed by atoms with Gasteiger partial charge in [-0.2, -0.15) is 0 Å². The van der Waals surface area contributed by atoms with Gasteiger partial charge in [-0.3, -0.25) is 4.90 Å². The molecule has 1 aliphatic rings. The molecule has 0 spiro atoms. The van der Waals surface area contributed by atoms with Crippen LogP contribution in [0.3, 0.4) is 0 Å². The molecule has 5 nitrogen and oxygen atoms in total. The van der Waals surface area contributed by atoms with Gasteiger partial charge >= 0.3 is 5.97 Å². The second-order valence-corrected chi connectivity index (χ2v) is 3.09. The predicted molar refractivity (Wildman–Crippen MR) is 47.5 cm³/mol. The molecule has 0 aliphatic carbocycles. The molecule has 1 saturated heterocycles. The van der Waals surface area contributed by atoms with E-state index >= 15 is 0 Å². The standard InChI is InChI=1S/C8H16N2O3/c1-7(13-6-8(11)12)10-4-2-9-3-5-10/h7,9H,2-6H2,1H3,(H,11,12). The Kier molecular flexibility index (Phi) is 4.14. The Balaban J connectivity index is 2.20. The first-order chi connectivity index (χ1) is 6.20. The molecule has 1 fully saturated rings. The van der Waals surface area contributed by atoms with Gasteiger partial charge in [0.1, 0.15) is 12.8 Å². The van der Waals surface area contributed by atoms with Crippen LogP contribution in [-0.4, -0.2) is 55.0 Å². The fourth-order valence-corrected chi connectivity index (χ4v) is 1.34. The fourth-order valence-electron chi connectivity index (χ4n) is 1.34. The van der Waals surface area contributed by atoms with Crippen molar-refractivity contribution in [2.24, 2.45) is 0 Å². The van der Waals surface area contributed by atoms with Gasteiger partial charge in [-0.25, -0.2) is 4.79 Å². The molecule has 2 N–H and O–H groups in total. The minimum Gasteiger partial charge on any atom is -0.480 e. The van der Waals surface area contributed by atoms with Crippen LogP contribution in [0.2, 0.25) is 0 Å². The number of nitrogens with one attached hydrogen (secondary N) is 1. The molecule has 1 unspecified atom stereocenters. The van der Waals surface area contributed by atoms with Crippen LogP contribution in [0.1, 0.15) is 6.92 Å². The Morgan fingerprint density at radius 3 is 2.77 bits per heavy atom. The van der Waals surface area contributed by atoms with Crippen LogP contribution in [0, 0.1) is 0 Å². The predicted octanol–water partition coefficient (Wildman–Crippen LogP) is -0.661. The lowest BCUT2D eigenvalue weighted by Crippen LogP contribution is -2.48. The Bertz CT molecular complexity index is 169. The lowest BCUT2D eigenvalue weighted by atomic mass is 10.3. The van der Waals surface area contributed by atoms with Crippen molar-refractivity contribution in [3.8, 4) is 0 Å². The highest BCUT2D eigenvalue weighted by molar-refractivity contribution is 5.68. The molecule has 0 aromatic heterocycles. The Morgan fingerprint density at radius 1 is 1.62 bits per heavy atom. The fraction of sp³-hybridized carbons (Fsp3) is 0.875. The van der Waals surface area contributed by atoms with Gasteiger partial charge in [0.05, 0.1) is 0 Å². The van der Waals surface area contributed by atoms with Crippen LogP contribution in [-0.2, 0) is 9.53 Å². The molecule has 1 heterocycles. The summed E-state index contributed by atoms with van der Waals surface area (Å²) in [6.07, 6.45) is -0.0989. The number of carboxylic acid groups (broad SMARTS) is 1. The maximum Gasteiger partial charge on any atom is 0.329 e. The van der Waals surface area contributed by atoms with Gasteiger partial charge < -0.3 is 15.2 Å². The molecule has 0 amide bonds. The molecule has 0 saturated carbocycles. The van der Waals surface area contributed by atoms with Crippen LogP contribution < -0.4 is 5.32 Å². The maximum atomic E-state index is 10.2. The molecule has 0 aromatic rings. The van der Waals surface area contributed by atoms with E-state index in [1.807, 2.05) is 6.92 Å². The Labute approximate surface area is 77.7 Å². The third-order valence-electron chi connectivity index (χ3n) is 2.11. The lowest BCUT2D eigenvalue weighted by molar-refractivity contribution is -0.148. The van der Waals surface area contributed by atoms with Crippen LogP contribution in [0.25, 0.3) is 0 Å². The first kappa shape index (κ1) is 10.4. The summed E-state index contributed by atoms with van der Waals surface area (Å²) in [6.45, 7) is 5.39. The van der Waals surface area contributed by atoms with E-state index in [1.165, 1.54) is 0 Å². The van der Waals surface area contributed by atoms with Crippen molar-refractivity contribution >= 4 is 5.97 Å². The zero-order valence-electron chi connectivity index (χ0n) is 7.82. The van der Waals surface area contributed by atoms with Crippen molar-refractivity contribution in [1.29, 1.82) is 0 Å². The summed E-state index contributed by atoms with van der Waals surface area (Å²) < 4.78 is 5.14. The maximum absolute atomic E-state index is 10.2. The van der Waals surface area contributed by atoms with Crippen molar-refractivity contribution in [2.45, 2.75) is 13.2 Å². The normalized spacial score (nSPS) is 21.3. The average molecular weight is 188 g/mol. The molecule has 1 atom stereocenters. The highest BCUT2D eigenvalue weighted by atomic mass is 16.5. The van der Waals surface area contributed by atoms with Gasteiger partial charge in [-0.1, -0.05) is 0 Å². The van der Waals surface area contributed by atoms with Crippen molar-refractivity contribution in [3.05, 3.63) is 0 Å². The minimum absolute atomic E-state index is 0.0989. The number of ether oxygens (including phenoxy) is 1. The molecular formula is C8H16N2O3. The van der Waals surface area contributed by atoms with E-state index in [0.29, 0.717) is 0 Å². The summed E-state index contributed by atoms with van der Waals surface area (Å²) in [4.78, 5) is 12.4. The summed E-state index contributed by atoms with van der Waals surface area (Å²) in [5, 5.41) is 11.6. The Morgan fingerprint density at radius 2 is 2.23 bits per heavy atom. The first-order valence-corrected chi connectivity index (χ1v) is 4.48. The van der Waals surface area contributed by atoms with E-state index in [1.54, 1.807) is 0 Å². The van der Waals surface area contributed by atoms with E-state index in [4.69, 9.17) is 9.84 Å². The summed E-state index contributed by atoms with van der Waals surface area (Å²) in [6, 6.07) is 0. The molecule has 0 radical (unpaired) electrons. The van der Waals surface area contributed by atoms with Crippen LogP contribution in [0.15, 0.2) is 0 Å². The number of nitrogens with zero attached hydrogens (tertiary/aromatic N) is 1. The van der Waals surface area contributed by atoms with Crippen molar-refractivity contribution in [2.75, 3.05) is 32.8 Å². The monoisotopic (exact) mass is 188 g/mol. The van der Waals surface area contributed by atoms with E-state index in [9.17, 15) is 4.79 Å². The minimum atomic E-state index is -0.915. The summed E-state index contributed by atoms with van der Waals surface area (Å²) in [5.41, 5.74) is 0. The van der Waals surface area contributed by atoms with Gasteiger partial charge in [0.25, 0.3) is 0 Å². The number of carboxylic acids is 1. The van der Waals surface area contributed by atoms with E-state index in [2.05, 4.69) is 10.2 Å². The largest absolute Gasteiger partial charge is 0.480 e. The molecule has 76 valence electrons. The highest BCUT2D eigenvalue weighted by Gasteiger charge is 2.17. The molecule has 13 heavy (non-hydrogen) atoms. The van der Waals surface area contributed by atoms with Gasteiger partial charge in [-0.05, 0) is 6.92 Å². The van der Waals surface area contributed by atoms with Crippen LogP contribution >= 0.6 is 0 Å². The first-order valence-electron chi connectivity index (χ1n) is 4.48. The zero-order chi connectivity index (χ0) is 9.68. The molecular weight excluding hydrogens is 172 g/mol. The molecule has 1 aliphatic heterocycles. The highest BCUT2D eigenvalue weighted by Crippen LogP contribution is 2.01. The van der Waals surface area contributed by atoms with Crippen molar-refractivity contribution in [1.82, 2.24) is 10.2 Å². The van der Waals surface area contributed by atoms with Gasteiger partial charge in [0.2, 0.25) is 0 Å². The van der Waals surface area contributed by atoms with Crippen molar-refractivity contribution < 1.29 is 14.6 Å². The van der Waals surface area contributed by atoms with E-state index in [0.717, 1.165) is 26.2 Å². The lowest BCUT2D eigenvalue weighted by Gasteiger charge is -2.32. The second-order valence-electron chi connectivity index (χ2n) is 3.09. The third kappa shape index (κ3) is 3.71. The SMILES string of the molecule is CC(OCC(=O)O)N1CCNCC1. The van der Waals surface area contributed by atoms with Crippen LogP contribution in [0.4, 0.5) is 0 Å².